The van der Waals surface area contributed by atoms with Gasteiger partial charge in [0.1, 0.15) is 12.6 Å². The van der Waals surface area contributed by atoms with Crippen molar-refractivity contribution >= 4 is 25.7 Å². The molecule has 0 aromatic carbocycles. The summed E-state index contributed by atoms with van der Waals surface area (Å²) in [6.45, 7) is 2.74. The number of hydrogen-bond acceptors (Lipinski definition) is 9. The Bertz CT molecular complexity index is 1060. The number of hydrogen-bond donors (Lipinski definition) is 3. The average Bonchev–Trinajstić information content (AvgIpc) is 3.14. The van der Waals surface area contributed by atoms with E-state index in [4.69, 9.17) is 24.8 Å². The summed E-state index contributed by atoms with van der Waals surface area (Å²) in [6, 6.07) is -1.52. The Labute approximate surface area is 327 Å². The Hall–Kier alpha value is -2.30. The topological polar surface area (TPSA) is 172 Å². The summed E-state index contributed by atoms with van der Waals surface area (Å²) in [7, 11) is -4.72. The molecule has 11 nitrogen and oxygen atoms in total. The molecule has 0 aliphatic carbocycles. The van der Waals surface area contributed by atoms with Crippen molar-refractivity contribution in [3.8, 4) is 0 Å². The molecule has 4 N–H and O–H groups in total. The Morgan fingerprint density at radius 2 is 0.981 bits per heavy atom. The third kappa shape index (κ3) is 36.7. The van der Waals surface area contributed by atoms with Gasteiger partial charge in [-0.3, -0.25) is 23.4 Å². The first-order valence-electron chi connectivity index (χ1n) is 21.0. The molecule has 314 valence electrons. The number of allylic oxidation sites excluding steroid dienone is 6. The number of unbranched alkanes of at least 4 members (excludes halogenated alkanes) is 19. The van der Waals surface area contributed by atoms with E-state index in [1.54, 1.807) is 0 Å². The van der Waals surface area contributed by atoms with Crippen molar-refractivity contribution in [1.82, 2.24) is 0 Å². The number of phosphoric acid groups is 1. The predicted molar refractivity (Wildman–Crippen MR) is 217 cm³/mol. The minimum absolute atomic E-state index is 0.138. The van der Waals surface area contributed by atoms with E-state index in [1.165, 1.54) is 70.6 Å². The van der Waals surface area contributed by atoms with Gasteiger partial charge in [-0.15, -0.1) is 0 Å². The molecule has 54 heavy (non-hydrogen) atoms. The van der Waals surface area contributed by atoms with Crippen molar-refractivity contribution in [1.29, 1.82) is 0 Å². The molecule has 0 aromatic rings. The van der Waals surface area contributed by atoms with Crippen LogP contribution >= 0.6 is 7.82 Å². The molecule has 0 saturated carbocycles. The average molecular weight is 786 g/mol. The van der Waals surface area contributed by atoms with Crippen LogP contribution in [0.4, 0.5) is 0 Å². The van der Waals surface area contributed by atoms with Crippen molar-refractivity contribution in [2.75, 3.05) is 19.8 Å². The number of rotatable bonds is 39. The normalized spacial score (nSPS) is 14.1. The molecule has 3 atom stereocenters. The van der Waals surface area contributed by atoms with Gasteiger partial charge in [0.15, 0.2) is 6.10 Å². The quantitative estimate of drug-likeness (QED) is 0.0234. The van der Waals surface area contributed by atoms with E-state index >= 15 is 0 Å². The maximum Gasteiger partial charge on any atom is 0.472 e. The SMILES string of the molecule is CCCCC/C=C/C/C=C/CCCCCCCC(=O)OC[C@H](COP(=O)(O)OC[C@H](N)C(=O)O)OC(=O)CCCCC/C=C/CCCCCCCCCC. The van der Waals surface area contributed by atoms with E-state index in [0.29, 0.717) is 12.8 Å². The van der Waals surface area contributed by atoms with Crippen LogP contribution in [-0.4, -0.2) is 59.9 Å². The van der Waals surface area contributed by atoms with Gasteiger partial charge in [-0.2, -0.15) is 0 Å². The Kier molecular flexibility index (Phi) is 36.0. The molecule has 0 aromatic heterocycles. The number of phosphoric ester groups is 1. The lowest BCUT2D eigenvalue weighted by atomic mass is 10.1. The molecule has 0 heterocycles. The van der Waals surface area contributed by atoms with Gasteiger partial charge in [0.2, 0.25) is 0 Å². The van der Waals surface area contributed by atoms with E-state index in [9.17, 15) is 23.8 Å². The van der Waals surface area contributed by atoms with Gasteiger partial charge < -0.3 is 25.2 Å². The first-order valence-corrected chi connectivity index (χ1v) is 22.5. The second kappa shape index (κ2) is 37.6. The second-order valence-electron chi connectivity index (χ2n) is 14.1. The molecular weight excluding hydrogens is 709 g/mol. The van der Waals surface area contributed by atoms with E-state index in [0.717, 1.165) is 70.6 Å². The minimum atomic E-state index is -4.72. The highest BCUT2D eigenvalue weighted by molar-refractivity contribution is 7.47. The lowest BCUT2D eigenvalue weighted by molar-refractivity contribution is -0.161. The number of aliphatic carboxylic acids is 1. The lowest BCUT2D eigenvalue weighted by Gasteiger charge is -2.20. The van der Waals surface area contributed by atoms with Gasteiger partial charge in [0.25, 0.3) is 0 Å². The first kappa shape index (κ1) is 51.7. The molecule has 0 saturated heterocycles. The summed E-state index contributed by atoms with van der Waals surface area (Å²) in [5, 5.41) is 8.88. The molecule has 0 aliphatic rings. The summed E-state index contributed by atoms with van der Waals surface area (Å²) < 4.78 is 32.6. The second-order valence-corrected chi connectivity index (χ2v) is 15.6. The summed E-state index contributed by atoms with van der Waals surface area (Å²) >= 11 is 0. The molecule has 0 spiro atoms. The zero-order valence-corrected chi connectivity index (χ0v) is 34.7. The number of esters is 2. The fourth-order valence-electron chi connectivity index (χ4n) is 5.50. The van der Waals surface area contributed by atoms with Crippen molar-refractivity contribution < 1.29 is 47.5 Å². The van der Waals surface area contributed by atoms with E-state index in [-0.39, 0.29) is 19.4 Å². The third-order valence-electron chi connectivity index (χ3n) is 8.86. The summed E-state index contributed by atoms with van der Waals surface area (Å²) in [5.41, 5.74) is 5.32. The van der Waals surface area contributed by atoms with Crippen LogP contribution in [0.5, 0.6) is 0 Å². The molecular formula is C42H76NO10P. The molecule has 0 radical (unpaired) electrons. The molecule has 0 bridgehead atoms. The number of carbonyl (C=O) groups excluding carboxylic acids is 2. The highest BCUT2D eigenvalue weighted by atomic mass is 31.2. The lowest BCUT2D eigenvalue weighted by Crippen LogP contribution is -2.34. The maximum absolute atomic E-state index is 12.6. The third-order valence-corrected chi connectivity index (χ3v) is 9.81. The molecule has 0 aliphatic heterocycles. The van der Waals surface area contributed by atoms with Crippen LogP contribution in [-0.2, 0) is 37.5 Å². The fourth-order valence-corrected chi connectivity index (χ4v) is 6.28. The predicted octanol–water partition coefficient (Wildman–Crippen LogP) is 10.8. The van der Waals surface area contributed by atoms with Crippen molar-refractivity contribution in [2.45, 2.75) is 193 Å². The molecule has 0 amide bonds. The smallest absolute Gasteiger partial charge is 0.472 e. The van der Waals surface area contributed by atoms with Crippen LogP contribution in [0.25, 0.3) is 0 Å². The first-order chi connectivity index (χ1) is 26.1. The van der Waals surface area contributed by atoms with E-state index < -0.39 is 51.1 Å². The van der Waals surface area contributed by atoms with Crippen LogP contribution < -0.4 is 5.73 Å². The van der Waals surface area contributed by atoms with Gasteiger partial charge >= 0.3 is 25.7 Å². The Morgan fingerprint density at radius 1 is 0.574 bits per heavy atom. The van der Waals surface area contributed by atoms with Crippen LogP contribution in [0.2, 0.25) is 0 Å². The molecule has 12 heteroatoms. The van der Waals surface area contributed by atoms with Crippen LogP contribution in [0.3, 0.4) is 0 Å². The van der Waals surface area contributed by atoms with Gasteiger partial charge in [0.05, 0.1) is 13.2 Å². The zero-order chi connectivity index (χ0) is 40.0. The zero-order valence-electron chi connectivity index (χ0n) is 33.8. The fraction of sp³-hybridized carbons (Fsp3) is 0.786. The Morgan fingerprint density at radius 3 is 1.52 bits per heavy atom. The Balaban J connectivity index is 4.43. The highest BCUT2D eigenvalue weighted by Gasteiger charge is 2.28. The molecule has 0 rings (SSSR count). The summed E-state index contributed by atoms with van der Waals surface area (Å²) in [4.78, 5) is 45.9. The van der Waals surface area contributed by atoms with Gasteiger partial charge in [-0.1, -0.05) is 134 Å². The standard InChI is InChI=1S/C42H76NO10P/c1-3-5-7-9-11-13-15-17-19-21-23-25-27-29-31-33-40(44)50-35-38(36-51-54(48,49)52-37-39(43)42(46)47)53-41(45)34-32-30-28-26-24-22-20-18-16-14-12-10-8-6-4-2/h11,13,17,19,22,24,38-39H,3-10,12,14-16,18,20-21,23,25-37,43H2,1-2H3,(H,46,47)(H,48,49)/b13-11+,19-17+,24-22+/t38-,39+/m1/s1. The van der Waals surface area contributed by atoms with Crippen molar-refractivity contribution in [3.63, 3.8) is 0 Å². The highest BCUT2D eigenvalue weighted by Crippen LogP contribution is 2.43. The monoisotopic (exact) mass is 786 g/mol. The number of carboxylic acids is 1. The minimum Gasteiger partial charge on any atom is -0.480 e. The van der Waals surface area contributed by atoms with E-state index in [2.05, 4.69) is 54.8 Å². The van der Waals surface area contributed by atoms with Crippen LogP contribution in [0.15, 0.2) is 36.5 Å². The van der Waals surface area contributed by atoms with Gasteiger partial charge in [-0.25, -0.2) is 4.57 Å². The molecule has 1 unspecified atom stereocenters. The maximum atomic E-state index is 12.6. The summed E-state index contributed by atoms with van der Waals surface area (Å²) in [6.07, 6.45) is 39.2. The van der Waals surface area contributed by atoms with Gasteiger partial charge in [0, 0.05) is 12.8 Å². The number of nitrogens with two attached hydrogens (primary N) is 1. The van der Waals surface area contributed by atoms with E-state index in [1.807, 2.05) is 0 Å². The largest absolute Gasteiger partial charge is 0.480 e. The van der Waals surface area contributed by atoms with Crippen molar-refractivity contribution in [2.24, 2.45) is 5.73 Å². The van der Waals surface area contributed by atoms with Gasteiger partial charge in [-0.05, 0) is 70.6 Å². The van der Waals surface area contributed by atoms with Crippen LogP contribution in [0, 0.1) is 0 Å². The van der Waals surface area contributed by atoms with Crippen LogP contribution in [0.1, 0.15) is 181 Å². The molecule has 0 fully saturated rings. The number of carboxylic acid groups (broad SMARTS) is 1. The number of ether oxygens (including phenoxy) is 2. The summed E-state index contributed by atoms with van der Waals surface area (Å²) in [5.74, 6) is -2.42. The number of carbonyl (C=O) groups is 3. The van der Waals surface area contributed by atoms with Crippen molar-refractivity contribution in [3.05, 3.63) is 36.5 Å².